The van der Waals surface area contributed by atoms with Crippen LogP contribution in [0.4, 0.5) is 5.69 Å². The zero-order valence-corrected chi connectivity index (χ0v) is 8.23. The third kappa shape index (κ3) is 2.75. The molecule has 5 heteroatoms. The molecule has 0 aliphatic rings. The summed E-state index contributed by atoms with van der Waals surface area (Å²) in [5.41, 5.74) is 5.90. The van der Waals surface area contributed by atoms with Crippen LogP contribution >= 0.6 is 0 Å². The fourth-order valence-corrected chi connectivity index (χ4v) is 1.10. The maximum absolute atomic E-state index is 10.8. The molecule has 16 heavy (non-hydrogen) atoms. The van der Waals surface area contributed by atoms with E-state index in [-0.39, 0.29) is 23.2 Å². The summed E-state index contributed by atoms with van der Waals surface area (Å²) in [4.78, 5) is 21.1. The lowest BCUT2D eigenvalue weighted by Gasteiger charge is -2.01. The number of carboxylic acid groups (broad SMARTS) is 2. The smallest absolute Gasteiger partial charge is 0.337 e. The van der Waals surface area contributed by atoms with Gasteiger partial charge in [0.2, 0.25) is 0 Å². The van der Waals surface area contributed by atoms with Crippen molar-refractivity contribution < 1.29 is 19.8 Å². The van der Waals surface area contributed by atoms with Crippen molar-refractivity contribution in [3.8, 4) is 11.8 Å². The standard InChI is InChI=1S/C11H9NO4/c12-9-5-1-4-8(11(15)16)7(9)3-2-6-10(13)14/h1,4-5H,6,12H2,(H,13,14)(H,15,16). The molecule has 0 saturated carbocycles. The Morgan fingerprint density at radius 3 is 2.56 bits per heavy atom. The number of nitrogen functional groups attached to an aromatic ring is 1. The van der Waals surface area contributed by atoms with Crippen LogP contribution < -0.4 is 5.73 Å². The van der Waals surface area contributed by atoms with Crippen LogP contribution in [-0.2, 0) is 4.79 Å². The summed E-state index contributed by atoms with van der Waals surface area (Å²) in [7, 11) is 0. The second-order valence-corrected chi connectivity index (χ2v) is 2.95. The Kier molecular flexibility index (Phi) is 3.51. The molecule has 0 aliphatic carbocycles. The van der Waals surface area contributed by atoms with Gasteiger partial charge in [-0.05, 0) is 12.1 Å². The van der Waals surface area contributed by atoms with Gasteiger partial charge in [0, 0.05) is 5.69 Å². The molecule has 0 amide bonds. The fraction of sp³-hybridized carbons (Fsp3) is 0.0909. The average Bonchev–Trinajstić information content (AvgIpc) is 2.19. The highest BCUT2D eigenvalue weighted by atomic mass is 16.4. The average molecular weight is 219 g/mol. The zero-order valence-electron chi connectivity index (χ0n) is 8.23. The van der Waals surface area contributed by atoms with E-state index >= 15 is 0 Å². The fourth-order valence-electron chi connectivity index (χ4n) is 1.10. The van der Waals surface area contributed by atoms with Gasteiger partial charge in [-0.2, -0.15) is 0 Å². The predicted molar refractivity (Wildman–Crippen MR) is 56.9 cm³/mol. The maximum Gasteiger partial charge on any atom is 0.337 e. The minimum absolute atomic E-state index is 0.0297. The van der Waals surface area contributed by atoms with Gasteiger partial charge in [-0.1, -0.05) is 17.9 Å². The summed E-state index contributed by atoms with van der Waals surface area (Å²) in [5, 5.41) is 17.2. The Hall–Kier alpha value is -2.48. The van der Waals surface area contributed by atoms with E-state index in [0.717, 1.165) is 0 Å². The maximum atomic E-state index is 10.8. The highest BCUT2D eigenvalue weighted by Crippen LogP contribution is 2.15. The Morgan fingerprint density at radius 1 is 1.31 bits per heavy atom. The van der Waals surface area contributed by atoms with Crippen LogP contribution in [0.15, 0.2) is 18.2 Å². The lowest BCUT2D eigenvalue weighted by molar-refractivity contribution is -0.135. The van der Waals surface area contributed by atoms with Gasteiger partial charge >= 0.3 is 11.9 Å². The molecule has 0 unspecified atom stereocenters. The number of carbonyl (C=O) groups is 2. The van der Waals surface area contributed by atoms with Crippen LogP contribution in [0.25, 0.3) is 0 Å². The summed E-state index contributed by atoms with van der Waals surface area (Å²) in [6, 6.07) is 4.38. The predicted octanol–water partition coefficient (Wildman–Crippen LogP) is 0.793. The summed E-state index contributed by atoms with van der Waals surface area (Å²) in [6.45, 7) is 0. The number of anilines is 1. The zero-order chi connectivity index (χ0) is 12.1. The monoisotopic (exact) mass is 219 g/mol. The molecule has 0 saturated heterocycles. The van der Waals surface area contributed by atoms with Crippen molar-refractivity contribution in [3.05, 3.63) is 29.3 Å². The third-order valence-corrected chi connectivity index (χ3v) is 1.78. The second kappa shape index (κ2) is 4.84. The van der Waals surface area contributed by atoms with Gasteiger partial charge < -0.3 is 15.9 Å². The number of nitrogens with two attached hydrogens (primary N) is 1. The molecular formula is C11H9NO4. The molecule has 0 bridgehead atoms. The quantitative estimate of drug-likeness (QED) is 0.504. The first-order valence-corrected chi connectivity index (χ1v) is 4.35. The van der Waals surface area contributed by atoms with E-state index in [2.05, 4.69) is 11.8 Å². The molecule has 0 radical (unpaired) electrons. The van der Waals surface area contributed by atoms with E-state index in [0.29, 0.717) is 0 Å². The van der Waals surface area contributed by atoms with Crippen LogP contribution in [0.5, 0.6) is 0 Å². The number of rotatable bonds is 2. The van der Waals surface area contributed by atoms with E-state index < -0.39 is 11.9 Å². The van der Waals surface area contributed by atoms with Gasteiger partial charge in [-0.15, -0.1) is 0 Å². The number of hydrogen-bond acceptors (Lipinski definition) is 3. The number of aliphatic carboxylic acids is 1. The summed E-state index contributed by atoms with van der Waals surface area (Å²) in [6.07, 6.45) is -0.354. The van der Waals surface area contributed by atoms with Gasteiger partial charge in [0.1, 0.15) is 6.42 Å². The van der Waals surface area contributed by atoms with E-state index in [1.807, 2.05) is 0 Å². The Balaban J connectivity index is 3.14. The normalized spacial score (nSPS) is 9.00. The number of aromatic carboxylic acids is 1. The minimum atomic E-state index is -1.15. The molecule has 1 rings (SSSR count). The molecule has 82 valence electrons. The van der Waals surface area contributed by atoms with Crippen LogP contribution in [0.1, 0.15) is 22.3 Å². The van der Waals surface area contributed by atoms with Gasteiger partial charge in [0.15, 0.2) is 0 Å². The first-order chi connectivity index (χ1) is 7.52. The van der Waals surface area contributed by atoms with Gasteiger partial charge in [0.05, 0.1) is 11.1 Å². The van der Waals surface area contributed by atoms with Gasteiger partial charge in [-0.25, -0.2) is 4.79 Å². The highest BCUT2D eigenvalue weighted by molar-refractivity contribution is 5.93. The molecule has 1 aromatic carbocycles. The van der Waals surface area contributed by atoms with Gasteiger partial charge in [-0.3, -0.25) is 4.79 Å². The van der Waals surface area contributed by atoms with Crippen LogP contribution in [0.3, 0.4) is 0 Å². The Labute approximate surface area is 91.5 Å². The number of benzene rings is 1. The van der Waals surface area contributed by atoms with Crippen molar-refractivity contribution >= 4 is 17.6 Å². The van der Waals surface area contributed by atoms with Gasteiger partial charge in [0.25, 0.3) is 0 Å². The van der Waals surface area contributed by atoms with Crippen LogP contribution in [0.2, 0.25) is 0 Å². The molecular weight excluding hydrogens is 210 g/mol. The lowest BCUT2D eigenvalue weighted by Crippen LogP contribution is -2.03. The summed E-state index contributed by atoms with van der Waals surface area (Å²) < 4.78 is 0. The topological polar surface area (TPSA) is 101 Å². The molecule has 0 spiro atoms. The van der Waals surface area contributed by atoms with Crippen molar-refractivity contribution in [1.29, 1.82) is 0 Å². The molecule has 4 N–H and O–H groups in total. The third-order valence-electron chi connectivity index (χ3n) is 1.78. The van der Waals surface area contributed by atoms with Crippen LogP contribution in [0, 0.1) is 11.8 Å². The SMILES string of the molecule is Nc1cccc(C(=O)O)c1C#CCC(=O)O. The molecule has 0 fully saturated rings. The lowest BCUT2D eigenvalue weighted by atomic mass is 10.1. The van der Waals surface area contributed by atoms with E-state index in [1.54, 1.807) is 0 Å². The molecule has 5 nitrogen and oxygen atoms in total. The van der Waals surface area contributed by atoms with E-state index in [1.165, 1.54) is 18.2 Å². The number of hydrogen-bond donors (Lipinski definition) is 3. The Bertz CT molecular complexity index is 496. The van der Waals surface area contributed by atoms with Crippen molar-refractivity contribution in [1.82, 2.24) is 0 Å². The number of carboxylic acids is 2. The highest BCUT2D eigenvalue weighted by Gasteiger charge is 2.10. The molecule has 1 aromatic rings. The first kappa shape index (κ1) is 11.6. The summed E-state index contributed by atoms with van der Waals surface area (Å²) >= 11 is 0. The second-order valence-electron chi connectivity index (χ2n) is 2.95. The van der Waals surface area contributed by atoms with Crippen molar-refractivity contribution in [2.24, 2.45) is 0 Å². The molecule has 0 atom stereocenters. The van der Waals surface area contributed by atoms with Crippen LogP contribution in [-0.4, -0.2) is 22.2 Å². The first-order valence-electron chi connectivity index (χ1n) is 4.35. The minimum Gasteiger partial charge on any atom is -0.481 e. The molecule has 0 aliphatic heterocycles. The Morgan fingerprint density at radius 2 is 2.00 bits per heavy atom. The van der Waals surface area contributed by atoms with Crippen molar-refractivity contribution in [2.75, 3.05) is 5.73 Å². The molecule has 0 aromatic heterocycles. The van der Waals surface area contributed by atoms with Crippen molar-refractivity contribution in [2.45, 2.75) is 6.42 Å². The van der Waals surface area contributed by atoms with E-state index in [4.69, 9.17) is 15.9 Å². The summed E-state index contributed by atoms with van der Waals surface area (Å²) in [5.74, 6) is 2.59. The molecule has 0 heterocycles. The van der Waals surface area contributed by atoms with E-state index in [9.17, 15) is 9.59 Å². The van der Waals surface area contributed by atoms with Crippen molar-refractivity contribution in [3.63, 3.8) is 0 Å². The largest absolute Gasteiger partial charge is 0.481 e.